The van der Waals surface area contributed by atoms with E-state index in [9.17, 15) is 0 Å². The van der Waals surface area contributed by atoms with E-state index in [4.69, 9.17) is 15.6 Å². The minimum atomic E-state index is 0.124. The molecule has 0 aliphatic carbocycles. The number of benzene rings is 3. The van der Waals surface area contributed by atoms with Crippen molar-refractivity contribution in [3.63, 3.8) is 0 Å². The van der Waals surface area contributed by atoms with Crippen LogP contribution in [0.3, 0.4) is 0 Å². The number of guanidine groups is 1. The van der Waals surface area contributed by atoms with Gasteiger partial charge in [-0.1, -0.05) is 88.7 Å². The van der Waals surface area contributed by atoms with Crippen LogP contribution in [0, 0.1) is 5.92 Å². The number of hydrogen-bond acceptors (Lipinski definition) is 3. The number of rotatable bonds is 10. The van der Waals surface area contributed by atoms with Crippen LogP contribution >= 0.6 is 0 Å². The lowest BCUT2D eigenvalue weighted by atomic mass is 9.87. The highest BCUT2D eigenvalue weighted by Gasteiger charge is 2.21. The van der Waals surface area contributed by atoms with Crippen molar-refractivity contribution in [2.45, 2.75) is 71.8 Å². The summed E-state index contributed by atoms with van der Waals surface area (Å²) in [4.78, 5) is 2.11. The molecule has 1 aliphatic heterocycles. The summed E-state index contributed by atoms with van der Waals surface area (Å²) in [6.45, 7) is 12.1. The van der Waals surface area contributed by atoms with Gasteiger partial charge < -0.3 is 15.4 Å². The molecular formula is C34H46N4O. The van der Waals surface area contributed by atoms with Gasteiger partial charge in [-0.05, 0) is 78.0 Å². The molecule has 1 saturated heterocycles. The van der Waals surface area contributed by atoms with Gasteiger partial charge in [0.1, 0.15) is 5.75 Å². The number of nitrogens with two attached hydrogens (primary N) is 1. The van der Waals surface area contributed by atoms with Crippen LogP contribution in [0.1, 0.15) is 70.1 Å². The molecule has 3 aromatic rings. The molecule has 0 aromatic heterocycles. The minimum Gasteiger partial charge on any atom is -0.494 e. The van der Waals surface area contributed by atoms with E-state index in [1.54, 1.807) is 0 Å². The van der Waals surface area contributed by atoms with Crippen LogP contribution in [0.4, 0.5) is 5.69 Å². The Balaban J connectivity index is 1.47. The van der Waals surface area contributed by atoms with Crippen LogP contribution in [-0.4, -0.2) is 30.7 Å². The zero-order valence-electron chi connectivity index (χ0n) is 24.3. The second kappa shape index (κ2) is 13.5. The highest BCUT2D eigenvalue weighted by Crippen LogP contribution is 2.26. The van der Waals surface area contributed by atoms with Gasteiger partial charge in [0.2, 0.25) is 5.96 Å². The van der Waals surface area contributed by atoms with Crippen molar-refractivity contribution in [1.82, 2.24) is 5.01 Å². The number of hydrazone groups is 1. The van der Waals surface area contributed by atoms with Crippen molar-refractivity contribution >= 4 is 11.6 Å². The van der Waals surface area contributed by atoms with Crippen LogP contribution < -0.4 is 15.4 Å². The van der Waals surface area contributed by atoms with E-state index in [0.717, 1.165) is 63.2 Å². The van der Waals surface area contributed by atoms with Crippen molar-refractivity contribution in [2.24, 2.45) is 16.8 Å². The number of nitrogens with zero attached hydrogens (tertiary/aromatic N) is 3. The summed E-state index contributed by atoms with van der Waals surface area (Å²) >= 11 is 0. The second-order valence-electron chi connectivity index (χ2n) is 11.8. The van der Waals surface area contributed by atoms with Crippen LogP contribution in [0.2, 0.25) is 0 Å². The molecule has 2 N–H and O–H groups in total. The number of unbranched alkanes of at least 4 members (excludes halogenated alkanes) is 1. The van der Waals surface area contributed by atoms with Gasteiger partial charge in [-0.15, -0.1) is 5.10 Å². The van der Waals surface area contributed by atoms with Crippen molar-refractivity contribution in [2.75, 3.05) is 24.6 Å². The first-order valence-corrected chi connectivity index (χ1v) is 14.5. The van der Waals surface area contributed by atoms with Gasteiger partial charge in [0.15, 0.2) is 0 Å². The molecule has 39 heavy (non-hydrogen) atoms. The number of piperidine rings is 1. The first kappa shape index (κ1) is 28.5. The van der Waals surface area contributed by atoms with Crippen LogP contribution in [0.5, 0.6) is 5.75 Å². The predicted octanol–water partition coefficient (Wildman–Crippen LogP) is 7.35. The summed E-state index contributed by atoms with van der Waals surface area (Å²) < 4.78 is 5.89. The molecule has 0 spiro atoms. The molecule has 5 nitrogen and oxygen atoms in total. The molecule has 1 fully saturated rings. The zero-order chi connectivity index (χ0) is 27.7. The average molecular weight is 527 g/mol. The second-order valence-corrected chi connectivity index (χ2v) is 11.8. The zero-order valence-corrected chi connectivity index (χ0v) is 24.3. The molecule has 5 heteroatoms. The Labute approximate surface area is 235 Å². The van der Waals surface area contributed by atoms with Crippen molar-refractivity contribution in [1.29, 1.82) is 0 Å². The maximum atomic E-state index is 6.73. The van der Waals surface area contributed by atoms with Crippen molar-refractivity contribution < 1.29 is 4.74 Å². The summed E-state index contributed by atoms with van der Waals surface area (Å²) in [7, 11) is 0. The van der Waals surface area contributed by atoms with E-state index < -0.39 is 0 Å². The summed E-state index contributed by atoms with van der Waals surface area (Å²) in [5, 5.41) is 7.06. The average Bonchev–Trinajstić information content (AvgIpc) is 2.94. The van der Waals surface area contributed by atoms with E-state index in [1.165, 1.54) is 16.7 Å². The Morgan fingerprint density at radius 3 is 2.21 bits per heavy atom. The third-order valence-corrected chi connectivity index (χ3v) is 7.55. The molecule has 0 atom stereocenters. The fourth-order valence-corrected chi connectivity index (χ4v) is 5.02. The van der Waals surface area contributed by atoms with E-state index in [0.29, 0.717) is 18.4 Å². The van der Waals surface area contributed by atoms with Gasteiger partial charge in [0.05, 0.1) is 13.2 Å². The topological polar surface area (TPSA) is 54.1 Å². The van der Waals surface area contributed by atoms with E-state index in [-0.39, 0.29) is 5.41 Å². The predicted molar refractivity (Wildman–Crippen MR) is 164 cm³/mol. The fourth-order valence-electron chi connectivity index (χ4n) is 5.02. The maximum absolute atomic E-state index is 6.73. The monoisotopic (exact) mass is 526 g/mol. The van der Waals surface area contributed by atoms with Crippen molar-refractivity contribution in [3.05, 3.63) is 95.6 Å². The Morgan fingerprint density at radius 1 is 0.923 bits per heavy atom. The Morgan fingerprint density at radius 2 is 1.59 bits per heavy atom. The fraction of sp³-hybridized carbons (Fsp3) is 0.441. The molecule has 0 bridgehead atoms. The van der Waals surface area contributed by atoms with Crippen LogP contribution in [0.15, 0.2) is 84.0 Å². The van der Waals surface area contributed by atoms with E-state index in [2.05, 4.69) is 104 Å². The summed E-state index contributed by atoms with van der Waals surface area (Å²) in [5.41, 5.74) is 11.8. The van der Waals surface area contributed by atoms with Crippen LogP contribution in [0.25, 0.3) is 0 Å². The lowest BCUT2D eigenvalue weighted by Crippen LogP contribution is -2.41. The Hall–Kier alpha value is -3.47. The van der Waals surface area contributed by atoms with E-state index in [1.807, 2.05) is 12.1 Å². The van der Waals surface area contributed by atoms with Gasteiger partial charge >= 0.3 is 0 Å². The molecule has 0 radical (unpaired) electrons. The Kier molecular flexibility index (Phi) is 9.91. The molecule has 4 rings (SSSR count). The maximum Gasteiger partial charge on any atom is 0.218 e. The third-order valence-electron chi connectivity index (χ3n) is 7.55. The molecule has 0 amide bonds. The van der Waals surface area contributed by atoms with Gasteiger partial charge in [-0.25, -0.2) is 0 Å². The normalized spacial score (nSPS) is 14.9. The molecule has 0 unspecified atom stereocenters. The van der Waals surface area contributed by atoms with Gasteiger partial charge in [0, 0.05) is 18.8 Å². The molecular weight excluding hydrogens is 480 g/mol. The highest BCUT2D eigenvalue weighted by atomic mass is 16.5. The molecule has 1 heterocycles. The minimum absolute atomic E-state index is 0.124. The van der Waals surface area contributed by atoms with Gasteiger partial charge in [-0.2, -0.15) is 0 Å². The van der Waals surface area contributed by atoms with Crippen LogP contribution in [-0.2, 0) is 18.4 Å². The quantitative estimate of drug-likeness (QED) is 0.170. The number of hydrogen-bond donors (Lipinski definition) is 1. The standard InChI is InChI=1S/C34H46N4O/c1-5-6-24-39-32-18-16-31(17-19-32)38(26-29-12-14-30(15-13-29)34(2,3)4)33(35)36-37-22-20-28(21-23-37)25-27-10-8-7-9-11-27/h7-19,28H,5-6,20-26H2,1-4H3,(H2,35,36). The summed E-state index contributed by atoms with van der Waals surface area (Å²) in [6.07, 6.45) is 5.57. The molecule has 3 aromatic carbocycles. The Bertz CT molecular complexity index is 1160. The van der Waals surface area contributed by atoms with Gasteiger partial charge in [-0.3, -0.25) is 5.01 Å². The molecule has 0 saturated carbocycles. The van der Waals surface area contributed by atoms with E-state index >= 15 is 0 Å². The first-order valence-electron chi connectivity index (χ1n) is 14.5. The third kappa shape index (κ3) is 8.51. The molecule has 208 valence electrons. The smallest absolute Gasteiger partial charge is 0.218 e. The SMILES string of the molecule is CCCCOc1ccc(N(Cc2ccc(C(C)(C)C)cc2)/C(N)=N\N2CCC(Cc3ccccc3)CC2)cc1. The number of anilines is 1. The number of ether oxygens (including phenoxy) is 1. The highest BCUT2D eigenvalue weighted by molar-refractivity contribution is 5.94. The first-order chi connectivity index (χ1) is 18.8. The van der Waals surface area contributed by atoms with Gasteiger partial charge in [0.25, 0.3) is 0 Å². The summed E-state index contributed by atoms with van der Waals surface area (Å²) in [5.74, 6) is 2.10. The largest absolute Gasteiger partial charge is 0.494 e. The summed E-state index contributed by atoms with van der Waals surface area (Å²) in [6, 6.07) is 27.9. The molecule has 1 aliphatic rings. The lowest BCUT2D eigenvalue weighted by Gasteiger charge is -2.32. The lowest BCUT2D eigenvalue weighted by molar-refractivity contribution is 0.190. The van der Waals surface area contributed by atoms with Crippen molar-refractivity contribution in [3.8, 4) is 5.75 Å².